The number of benzene rings is 2. The zero-order valence-corrected chi connectivity index (χ0v) is 15.6. The van der Waals surface area contributed by atoms with Crippen LogP contribution in [0.25, 0.3) is 0 Å². The van der Waals surface area contributed by atoms with Crippen molar-refractivity contribution in [2.24, 2.45) is 0 Å². The molecular formula is C22H28O2. The molecule has 128 valence electrons. The molecule has 1 atom stereocenters. The molecule has 0 fully saturated rings. The van der Waals surface area contributed by atoms with Crippen LogP contribution < -0.4 is 0 Å². The van der Waals surface area contributed by atoms with Gasteiger partial charge in [-0.15, -0.1) is 0 Å². The molecule has 0 radical (unpaired) electrons. The fourth-order valence-corrected chi connectivity index (χ4v) is 4.39. The zero-order valence-electron chi connectivity index (χ0n) is 15.6. The fourth-order valence-electron chi connectivity index (χ4n) is 4.39. The summed E-state index contributed by atoms with van der Waals surface area (Å²) in [5.74, 6) is 0.654. The van der Waals surface area contributed by atoms with Gasteiger partial charge in [0.2, 0.25) is 0 Å². The van der Waals surface area contributed by atoms with Crippen molar-refractivity contribution in [2.75, 3.05) is 0 Å². The highest BCUT2D eigenvalue weighted by atomic mass is 16.3. The molecular weight excluding hydrogens is 296 g/mol. The molecule has 2 aromatic carbocycles. The third-order valence-corrected chi connectivity index (χ3v) is 5.55. The van der Waals surface area contributed by atoms with Crippen molar-refractivity contribution in [3.63, 3.8) is 0 Å². The average molecular weight is 324 g/mol. The smallest absolute Gasteiger partial charge is 0.119 e. The lowest BCUT2D eigenvalue weighted by atomic mass is 9.75. The number of phenolic OH excluding ortho intramolecular Hbond substituents is 2. The van der Waals surface area contributed by atoms with Gasteiger partial charge in [-0.3, -0.25) is 0 Å². The summed E-state index contributed by atoms with van der Waals surface area (Å²) >= 11 is 0. The van der Waals surface area contributed by atoms with Crippen molar-refractivity contribution in [1.29, 1.82) is 0 Å². The standard InChI is InChI=1S/C22H28O2/c1-20(2,3)18-11-16-17(12-19(18)24)22(6,13-21(16,4)5)14-8-7-9-15(23)10-14/h7-12,23-24H,13H2,1-6H3. The molecule has 1 aliphatic carbocycles. The zero-order chi connectivity index (χ0) is 17.9. The highest BCUT2D eigenvalue weighted by molar-refractivity contribution is 5.57. The van der Waals surface area contributed by atoms with Crippen LogP contribution in [-0.4, -0.2) is 10.2 Å². The van der Waals surface area contributed by atoms with Crippen LogP contribution in [-0.2, 0) is 16.2 Å². The molecule has 0 saturated heterocycles. The minimum atomic E-state index is -0.217. The number of hydrogen-bond acceptors (Lipinski definition) is 2. The third kappa shape index (κ3) is 2.49. The molecule has 0 spiro atoms. The van der Waals surface area contributed by atoms with Crippen LogP contribution in [0.5, 0.6) is 11.5 Å². The average Bonchev–Trinajstić information content (AvgIpc) is 2.64. The molecule has 1 unspecified atom stereocenters. The van der Waals surface area contributed by atoms with Gasteiger partial charge in [0.15, 0.2) is 0 Å². The van der Waals surface area contributed by atoms with Crippen molar-refractivity contribution >= 4 is 0 Å². The molecule has 0 saturated carbocycles. The van der Waals surface area contributed by atoms with E-state index >= 15 is 0 Å². The van der Waals surface area contributed by atoms with Crippen LogP contribution in [0, 0.1) is 0 Å². The van der Waals surface area contributed by atoms with Crippen LogP contribution >= 0.6 is 0 Å². The lowest BCUT2D eigenvalue weighted by molar-refractivity contribution is 0.420. The van der Waals surface area contributed by atoms with Crippen molar-refractivity contribution in [1.82, 2.24) is 0 Å². The van der Waals surface area contributed by atoms with Crippen molar-refractivity contribution in [3.8, 4) is 11.5 Å². The molecule has 3 rings (SSSR count). The first kappa shape index (κ1) is 16.9. The van der Waals surface area contributed by atoms with E-state index in [-0.39, 0.29) is 22.0 Å². The van der Waals surface area contributed by atoms with Gasteiger partial charge in [0.05, 0.1) is 0 Å². The van der Waals surface area contributed by atoms with Gasteiger partial charge in [-0.1, -0.05) is 59.7 Å². The van der Waals surface area contributed by atoms with E-state index < -0.39 is 0 Å². The Morgan fingerprint density at radius 2 is 1.58 bits per heavy atom. The summed E-state index contributed by atoms with van der Waals surface area (Å²) in [6, 6.07) is 11.7. The predicted octanol–water partition coefficient (Wildman–Crippen LogP) is 5.38. The molecule has 2 nitrogen and oxygen atoms in total. The molecule has 0 amide bonds. The summed E-state index contributed by atoms with van der Waals surface area (Å²) in [6.07, 6.45) is 0.950. The minimum Gasteiger partial charge on any atom is -0.508 e. The number of aromatic hydroxyl groups is 2. The van der Waals surface area contributed by atoms with E-state index in [1.807, 2.05) is 18.2 Å². The second-order valence-electron chi connectivity index (χ2n) is 9.11. The van der Waals surface area contributed by atoms with E-state index in [4.69, 9.17) is 0 Å². The van der Waals surface area contributed by atoms with Gasteiger partial charge in [0.25, 0.3) is 0 Å². The molecule has 2 aromatic rings. The van der Waals surface area contributed by atoms with Crippen LogP contribution in [0.15, 0.2) is 36.4 Å². The predicted molar refractivity (Wildman–Crippen MR) is 99.0 cm³/mol. The van der Waals surface area contributed by atoms with E-state index in [2.05, 4.69) is 53.7 Å². The largest absolute Gasteiger partial charge is 0.508 e. The minimum absolute atomic E-state index is 0.0171. The second-order valence-corrected chi connectivity index (χ2v) is 9.11. The van der Waals surface area contributed by atoms with E-state index in [1.165, 1.54) is 11.1 Å². The topological polar surface area (TPSA) is 40.5 Å². The van der Waals surface area contributed by atoms with Gasteiger partial charge in [-0.25, -0.2) is 0 Å². The molecule has 24 heavy (non-hydrogen) atoms. The maximum Gasteiger partial charge on any atom is 0.119 e. The van der Waals surface area contributed by atoms with Crippen molar-refractivity contribution in [2.45, 2.75) is 64.2 Å². The maximum atomic E-state index is 10.7. The Bertz CT molecular complexity index is 796. The SMILES string of the molecule is CC(C)(C)c1cc2c(cc1O)C(C)(c1cccc(O)c1)CC2(C)C. The van der Waals surface area contributed by atoms with Crippen LogP contribution in [0.2, 0.25) is 0 Å². The molecule has 1 aliphatic rings. The Morgan fingerprint density at radius 1 is 0.917 bits per heavy atom. The van der Waals surface area contributed by atoms with Gasteiger partial charge in [-0.05, 0) is 57.7 Å². The lowest BCUT2D eigenvalue weighted by Gasteiger charge is -2.28. The quantitative estimate of drug-likeness (QED) is 0.739. The molecule has 2 N–H and O–H groups in total. The third-order valence-electron chi connectivity index (χ3n) is 5.55. The van der Waals surface area contributed by atoms with E-state index in [0.717, 1.165) is 17.5 Å². The van der Waals surface area contributed by atoms with E-state index in [0.29, 0.717) is 5.75 Å². The summed E-state index contributed by atoms with van der Waals surface area (Å²) in [5.41, 5.74) is 4.26. The Kier molecular flexibility index (Phi) is 3.53. The number of rotatable bonds is 1. The number of hydrogen-bond donors (Lipinski definition) is 2. The summed E-state index contributed by atoms with van der Waals surface area (Å²) in [4.78, 5) is 0. The Hall–Kier alpha value is -1.96. The molecule has 0 heterocycles. The monoisotopic (exact) mass is 324 g/mol. The Labute approximate surface area is 145 Å². The second kappa shape index (κ2) is 5.02. The first-order chi connectivity index (χ1) is 10.9. The summed E-state index contributed by atoms with van der Waals surface area (Å²) < 4.78 is 0. The lowest BCUT2D eigenvalue weighted by Crippen LogP contribution is -2.23. The Morgan fingerprint density at radius 3 is 2.17 bits per heavy atom. The normalized spacial score (nSPS) is 22.4. The Balaban J connectivity index is 2.26. The van der Waals surface area contributed by atoms with E-state index in [1.54, 1.807) is 6.07 Å². The molecule has 0 bridgehead atoms. The first-order valence-corrected chi connectivity index (χ1v) is 8.63. The number of phenols is 2. The summed E-state index contributed by atoms with van der Waals surface area (Å²) in [6.45, 7) is 13.1. The van der Waals surface area contributed by atoms with Gasteiger partial charge in [0.1, 0.15) is 11.5 Å². The molecule has 2 heteroatoms. The van der Waals surface area contributed by atoms with Crippen molar-refractivity contribution in [3.05, 3.63) is 58.7 Å². The highest BCUT2D eigenvalue weighted by Crippen LogP contribution is 2.55. The van der Waals surface area contributed by atoms with E-state index in [9.17, 15) is 10.2 Å². The summed E-state index contributed by atoms with van der Waals surface area (Å²) in [7, 11) is 0. The van der Waals surface area contributed by atoms with Crippen LogP contribution in [0.1, 0.15) is 70.2 Å². The van der Waals surface area contributed by atoms with Gasteiger partial charge in [0, 0.05) is 5.41 Å². The van der Waals surface area contributed by atoms with Crippen molar-refractivity contribution < 1.29 is 10.2 Å². The maximum absolute atomic E-state index is 10.7. The van der Waals surface area contributed by atoms with Gasteiger partial charge < -0.3 is 10.2 Å². The molecule has 0 aromatic heterocycles. The number of fused-ring (bicyclic) bond motifs is 1. The molecule has 0 aliphatic heterocycles. The van der Waals surface area contributed by atoms with Gasteiger partial charge in [-0.2, -0.15) is 0 Å². The summed E-state index contributed by atoms with van der Waals surface area (Å²) in [5, 5.41) is 20.6. The highest BCUT2D eigenvalue weighted by Gasteiger charge is 2.46. The van der Waals surface area contributed by atoms with Gasteiger partial charge >= 0.3 is 0 Å². The van der Waals surface area contributed by atoms with Crippen LogP contribution in [0.3, 0.4) is 0 Å². The fraction of sp³-hybridized carbons (Fsp3) is 0.455. The van der Waals surface area contributed by atoms with Crippen LogP contribution in [0.4, 0.5) is 0 Å². The first-order valence-electron chi connectivity index (χ1n) is 8.63.